The van der Waals surface area contributed by atoms with E-state index < -0.39 is 10.0 Å². The van der Waals surface area contributed by atoms with E-state index in [1.807, 2.05) is 41.1 Å². The van der Waals surface area contributed by atoms with Gasteiger partial charge < -0.3 is 9.88 Å². The van der Waals surface area contributed by atoms with E-state index in [1.54, 1.807) is 40.7 Å². The lowest BCUT2D eigenvalue weighted by atomic mass is 10.2. The fourth-order valence-electron chi connectivity index (χ4n) is 3.64. The molecule has 3 heterocycles. The molecule has 0 bridgehead atoms. The molecule has 1 amide bonds. The van der Waals surface area contributed by atoms with Gasteiger partial charge in [-0.25, -0.2) is 8.42 Å². The maximum absolute atomic E-state index is 13.0. The van der Waals surface area contributed by atoms with E-state index in [0.29, 0.717) is 11.5 Å². The van der Waals surface area contributed by atoms with Crippen LogP contribution in [-0.2, 0) is 21.4 Å². The molecule has 2 N–H and O–H groups in total. The highest BCUT2D eigenvalue weighted by Crippen LogP contribution is 2.25. The van der Waals surface area contributed by atoms with Crippen molar-refractivity contribution in [2.75, 3.05) is 23.0 Å². The molecule has 0 aliphatic rings. The van der Waals surface area contributed by atoms with Crippen LogP contribution >= 0.6 is 11.8 Å². The van der Waals surface area contributed by atoms with Gasteiger partial charge in [0.15, 0.2) is 11.5 Å². The summed E-state index contributed by atoms with van der Waals surface area (Å²) in [6.45, 7) is 0.0956. The summed E-state index contributed by atoms with van der Waals surface area (Å²) in [5.41, 5.74) is 1.98. The first-order valence-electron chi connectivity index (χ1n) is 9.99. The Bertz CT molecular complexity index is 1360. The second kappa shape index (κ2) is 9.21. The lowest BCUT2D eigenvalue weighted by Gasteiger charge is -2.17. The number of rotatable bonds is 9. The number of nitrogens with zero attached hydrogens (tertiary/aromatic N) is 4. The third kappa shape index (κ3) is 4.89. The number of amides is 1. The van der Waals surface area contributed by atoms with Gasteiger partial charge in [-0.05, 0) is 48.8 Å². The van der Waals surface area contributed by atoms with Crippen LogP contribution in [0.2, 0.25) is 0 Å². The number of fused-ring (bicyclic) bond motifs is 2. The molecule has 168 valence electrons. The molecule has 9 nitrogen and oxygen atoms in total. The number of carbonyl (C=O) groups is 1. The molecule has 11 heteroatoms. The van der Waals surface area contributed by atoms with Crippen molar-refractivity contribution in [2.24, 2.45) is 0 Å². The summed E-state index contributed by atoms with van der Waals surface area (Å²) in [6, 6.07) is 12.5. The Labute approximate surface area is 190 Å². The first-order valence-corrected chi connectivity index (χ1v) is 13.3. The Balaban J connectivity index is 1.56. The van der Waals surface area contributed by atoms with Crippen LogP contribution in [0.1, 0.15) is 18.3 Å². The van der Waals surface area contributed by atoms with E-state index in [0.717, 1.165) is 35.0 Å². The van der Waals surface area contributed by atoms with E-state index in [9.17, 15) is 13.2 Å². The fourth-order valence-corrected chi connectivity index (χ4v) is 4.69. The Morgan fingerprint density at radius 3 is 2.75 bits per heavy atom. The monoisotopic (exact) mass is 472 g/mol. The highest BCUT2D eigenvalue weighted by Gasteiger charge is 2.21. The van der Waals surface area contributed by atoms with Gasteiger partial charge in [-0.3, -0.25) is 13.9 Å². The van der Waals surface area contributed by atoms with Gasteiger partial charge in [0.1, 0.15) is 6.54 Å². The second-order valence-electron chi connectivity index (χ2n) is 7.44. The smallest absolute Gasteiger partial charge is 0.240 e. The van der Waals surface area contributed by atoms with Gasteiger partial charge in [0.05, 0.1) is 23.5 Å². The van der Waals surface area contributed by atoms with Crippen molar-refractivity contribution in [3.05, 3.63) is 60.7 Å². The number of aromatic nitrogens is 4. The summed E-state index contributed by atoms with van der Waals surface area (Å²) in [7, 11) is -3.41. The molecule has 4 aromatic rings. The summed E-state index contributed by atoms with van der Waals surface area (Å²) in [5.74, 6) is 1.39. The quantitative estimate of drug-likeness (QED) is 0.388. The number of anilines is 1. The largest absolute Gasteiger partial charge is 0.344 e. The Hall–Kier alpha value is -3.05. The van der Waals surface area contributed by atoms with Crippen molar-refractivity contribution in [2.45, 2.75) is 19.0 Å². The summed E-state index contributed by atoms with van der Waals surface area (Å²) >= 11 is 1.70. The maximum Gasteiger partial charge on any atom is 0.240 e. The van der Waals surface area contributed by atoms with Gasteiger partial charge in [-0.2, -0.15) is 11.8 Å². The number of pyridine rings is 1. The topological polar surface area (TPSA) is 110 Å². The molecule has 4 rings (SSSR count). The SMILES string of the molecule is CSCC[C@@H](NC(=O)Cn1ccc2c(NS(C)(=O)=O)cccc21)c1nnc2ccccn12. The van der Waals surface area contributed by atoms with Gasteiger partial charge in [-0.15, -0.1) is 10.2 Å². The second-order valence-corrected chi connectivity index (χ2v) is 10.2. The standard InChI is InChI=1S/C21H24N6O3S2/c1-31-13-10-17(21-24-23-19-8-3-4-11-27(19)21)22-20(28)14-26-12-9-15-16(25-32(2,29)30)6-5-7-18(15)26/h3-9,11-12,17,25H,10,13-14H2,1-2H3,(H,22,28)/t17-/m1/s1. The zero-order valence-electron chi connectivity index (χ0n) is 17.7. The first-order chi connectivity index (χ1) is 15.4. The van der Waals surface area contributed by atoms with E-state index in [2.05, 4.69) is 20.2 Å². The van der Waals surface area contributed by atoms with Crippen LogP contribution in [0, 0.1) is 0 Å². The van der Waals surface area contributed by atoms with E-state index in [1.165, 1.54) is 0 Å². The molecule has 1 aromatic carbocycles. The normalized spacial score (nSPS) is 12.8. The number of sulfonamides is 1. The van der Waals surface area contributed by atoms with E-state index >= 15 is 0 Å². The Kier molecular flexibility index (Phi) is 6.38. The predicted molar refractivity (Wildman–Crippen MR) is 127 cm³/mol. The van der Waals surface area contributed by atoms with Crippen molar-refractivity contribution in [3.8, 4) is 0 Å². The number of carbonyl (C=O) groups excluding carboxylic acids is 1. The number of nitrogens with one attached hydrogen (secondary N) is 2. The molecular formula is C21H24N6O3S2. The van der Waals surface area contributed by atoms with Crippen LogP contribution in [0.25, 0.3) is 16.6 Å². The van der Waals surface area contributed by atoms with Gasteiger partial charge in [0, 0.05) is 17.8 Å². The zero-order chi connectivity index (χ0) is 22.7. The summed E-state index contributed by atoms with van der Waals surface area (Å²) in [5, 5.41) is 12.3. The molecule has 0 aliphatic carbocycles. The summed E-state index contributed by atoms with van der Waals surface area (Å²) in [4.78, 5) is 13.0. The minimum Gasteiger partial charge on any atom is -0.344 e. The minimum absolute atomic E-state index is 0.0956. The highest BCUT2D eigenvalue weighted by atomic mass is 32.2. The molecule has 32 heavy (non-hydrogen) atoms. The number of thioether (sulfide) groups is 1. The molecule has 1 atom stereocenters. The predicted octanol–water partition coefficient (Wildman–Crippen LogP) is 2.67. The van der Waals surface area contributed by atoms with Crippen molar-refractivity contribution < 1.29 is 13.2 Å². The molecule has 0 spiro atoms. The average Bonchev–Trinajstić information content (AvgIpc) is 3.35. The fraction of sp³-hybridized carbons (Fsp3) is 0.286. The van der Waals surface area contributed by atoms with Gasteiger partial charge in [0.25, 0.3) is 0 Å². The van der Waals surface area contributed by atoms with Gasteiger partial charge >= 0.3 is 0 Å². The third-order valence-corrected chi connectivity index (χ3v) is 6.26. The molecule has 0 fully saturated rings. The number of hydrogen-bond donors (Lipinski definition) is 2. The van der Waals surface area contributed by atoms with Crippen LogP contribution in [0.4, 0.5) is 5.69 Å². The van der Waals surface area contributed by atoms with Crippen molar-refractivity contribution in [1.29, 1.82) is 0 Å². The minimum atomic E-state index is -3.41. The molecule has 0 radical (unpaired) electrons. The zero-order valence-corrected chi connectivity index (χ0v) is 19.4. The average molecular weight is 473 g/mol. The first kappa shape index (κ1) is 22.2. The van der Waals surface area contributed by atoms with Crippen molar-refractivity contribution in [3.63, 3.8) is 0 Å². The van der Waals surface area contributed by atoms with Gasteiger partial charge in [-0.1, -0.05) is 12.1 Å². The van der Waals surface area contributed by atoms with Crippen LogP contribution in [0.3, 0.4) is 0 Å². The summed E-state index contributed by atoms with van der Waals surface area (Å²) < 4.78 is 29.5. The Morgan fingerprint density at radius 1 is 1.12 bits per heavy atom. The third-order valence-electron chi connectivity index (χ3n) is 5.02. The lowest BCUT2D eigenvalue weighted by molar-refractivity contribution is -0.122. The molecule has 0 aliphatic heterocycles. The van der Waals surface area contributed by atoms with Crippen LogP contribution in [0.15, 0.2) is 54.9 Å². The lowest BCUT2D eigenvalue weighted by Crippen LogP contribution is -2.33. The maximum atomic E-state index is 13.0. The van der Waals surface area contributed by atoms with Crippen LogP contribution < -0.4 is 10.0 Å². The van der Waals surface area contributed by atoms with Crippen molar-refractivity contribution in [1.82, 2.24) is 24.5 Å². The van der Waals surface area contributed by atoms with Crippen molar-refractivity contribution >= 4 is 49.9 Å². The van der Waals surface area contributed by atoms with Crippen LogP contribution in [0.5, 0.6) is 0 Å². The summed E-state index contributed by atoms with van der Waals surface area (Å²) in [6.07, 6.45) is 7.52. The molecule has 0 saturated heterocycles. The highest BCUT2D eigenvalue weighted by molar-refractivity contribution is 7.98. The number of benzene rings is 1. The molecule has 0 unspecified atom stereocenters. The van der Waals surface area contributed by atoms with Crippen LogP contribution in [-0.4, -0.2) is 51.8 Å². The van der Waals surface area contributed by atoms with E-state index in [-0.39, 0.29) is 18.5 Å². The Morgan fingerprint density at radius 2 is 1.97 bits per heavy atom. The van der Waals surface area contributed by atoms with E-state index in [4.69, 9.17) is 0 Å². The molecule has 0 saturated carbocycles. The number of hydrogen-bond acceptors (Lipinski definition) is 6. The van der Waals surface area contributed by atoms with Gasteiger partial charge in [0.2, 0.25) is 15.9 Å². The molecular weight excluding hydrogens is 448 g/mol. The molecule has 3 aromatic heterocycles.